The summed E-state index contributed by atoms with van der Waals surface area (Å²) in [5.41, 5.74) is 0.204. The fourth-order valence-corrected chi connectivity index (χ4v) is 2.59. The molecule has 0 amide bonds. The van der Waals surface area contributed by atoms with Crippen molar-refractivity contribution in [3.63, 3.8) is 0 Å². The third-order valence-electron chi connectivity index (χ3n) is 4.05. The molecule has 160 valence electrons. The Bertz CT molecular complexity index is 759. The SMILES string of the molecule is CN=C(NCCNc1ncccc1C(F)(F)F)NCC(CO)c1ccccc1.I. The van der Waals surface area contributed by atoms with Crippen molar-refractivity contribution in [3.05, 3.63) is 59.8 Å². The molecule has 2 aromatic rings. The summed E-state index contributed by atoms with van der Waals surface area (Å²) in [6, 6.07) is 11.8. The molecule has 1 atom stereocenters. The number of nitrogens with one attached hydrogen (secondary N) is 3. The first-order valence-electron chi connectivity index (χ1n) is 8.82. The fraction of sp³-hybridized carbons (Fsp3) is 0.368. The number of alkyl halides is 3. The lowest BCUT2D eigenvalue weighted by atomic mass is 10.0. The summed E-state index contributed by atoms with van der Waals surface area (Å²) >= 11 is 0. The molecule has 0 aliphatic carbocycles. The molecule has 1 unspecified atom stereocenters. The Balaban J connectivity index is 0.00000420. The molecular formula is C19H25F3IN5O. The van der Waals surface area contributed by atoms with E-state index < -0.39 is 11.7 Å². The summed E-state index contributed by atoms with van der Waals surface area (Å²) in [5.74, 6) is 0.193. The van der Waals surface area contributed by atoms with Crippen molar-refractivity contribution in [2.45, 2.75) is 12.1 Å². The maximum atomic E-state index is 12.9. The van der Waals surface area contributed by atoms with Crippen LogP contribution in [-0.4, -0.2) is 49.3 Å². The monoisotopic (exact) mass is 523 g/mol. The number of aliphatic imine (C=N–C) groups is 1. The topological polar surface area (TPSA) is 81.6 Å². The summed E-state index contributed by atoms with van der Waals surface area (Å²) < 4.78 is 38.8. The van der Waals surface area contributed by atoms with E-state index in [0.717, 1.165) is 11.6 Å². The van der Waals surface area contributed by atoms with Gasteiger partial charge in [0, 0.05) is 38.8 Å². The second-order valence-electron chi connectivity index (χ2n) is 5.99. The van der Waals surface area contributed by atoms with Crippen molar-refractivity contribution in [3.8, 4) is 0 Å². The molecule has 0 bridgehead atoms. The van der Waals surface area contributed by atoms with Gasteiger partial charge in [-0.15, -0.1) is 24.0 Å². The van der Waals surface area contributed by atoms with Gasteiger partial charge in [-0.1, -0.05) is 30.3 Å². The Labute approximate surface area is 185 Å². The van der Waals surface area contributed by atoms with E-state index in [4.69, 9.17) is 0 Å². The second kappa shape index (κ2) is 12.5. The molecule has 0 saturated heterocycles. The van der Waals surface area contributed by atoms with Crippen LogP contribution in [0.25, 0.3) is 0 Å². The van der Waals surface area contributed by atoms with Crippen LogP contribution in [0.1, 0.15) is 17.0 Å². The largest absolute Gasteiger partial charge is 0.419 e. The van der Waals surface area contributed by atoms with E-state index in [1.54, 1.807) is 7.05 Å². The summed E-state index contributed by atoms with van der Waals surface area (Å²) in [5, 5.41) is 18.4. The van der Waals surface area contributed by atoms with E-state index >= 15 is 0 Å². The highest BCUT2D eigenvalue weighted by Gasteiger charge is 2.33. The lowest BCUT2D eigenvalue weighted by molar-refractivity contribution is -0.137. The smallest absolute Gasteiger partial charge is 0.396 e. The van der Waals surface area contributed by atoms with Crippen LogP contribution >= 0.6 is 24.0 Å². The average molecular weight is 523 g/mol. The number of guanidine groups is 1. The van der Waals surface area contributed by atoms with Crippen LogP contribution in [0.2, 0.25) is 0 Å². The number of hydrogen-bond acceptors (Lipinski definition) is 4. The normalized spacial score (nSPS) is 12.7. The van der Waals surface area contributed by atoms with Gasteiger partial charge in [-0.05, 0) is 17.7 Å². The molecule has 1 aromatic carbocycles. The number of benzene rings is 1. The number of aromatic nitrogens is 1. The standard InChI is InChI=1S/C19H24F3N5O.HI/c1-23-18(27-12-15(13-28)14-6-3-2-4-7-14)26-11-10-25-17-16(19(20,21)22)8-5-9-24-17;/h2-9,15,28H,10-13H2,1H3,(H,24,25)(H2,23,26,27);1H. The van der Waals surface area contributed by atoms with Gasteiger partial charge in [0.1, 0.15) is 5.82 Å². The van der Waals surface area contributed by atoms with E-state index in [9.17, 15) is 18.3 Å². The molecule has 0 aliphatic rings. The molecule has 29 heavy (non-hydrogen) atoms. The number of pyridine rings is 1. The minimum absolute atomic E-state index is 0. The van der Waals surface area contributed by atoms with Crippen molar-refractivity contribution < 1.29 is 18.3 Å². The number of anilines is 1. The molecular weight excluding hydrogens is 498 g/mol. The molecule has 6 nitrogen and oxygen atoms in total. The zero-order valence-corrected chi connectivity index (χ0v) is 18.2. The van der Waals surface area contributed by atoms with E-state index in [1.807, 2.05) is 30.3 Å². The predicted octanol–water partition coefficient (Wildman–Crippen LogP) is 3.07. The van der Waals surface area contributed by atoms with Gasteiger partial charge >= 0.3 is 6.18 Å². The number of aliphatic hydroxyl groups is 1. The van der Waals surface area contributed by atoms with E-state index in [0.29, 0.717) is 19.0 Å². The number of nitrogens with zero attached hydrogens (tertiary/aromatic N) is 2. The molecule has 0 saturated carbocycles. The van der Waals surface area contributed by atoms with Crippen LogP contribution in [0, 0.1) is 0 Å². The summed E-state index contributed by atoms with van der Waals surface area (Å²) in [4.78, 5) is 7.83. The number of halogens is 4. The summed E-state index contributed by atoms with van der Waals surface area (Å²) in [7, 11) is 1.60. The van der Waals surface area contributed by atoms with E-state index in [1.165, 1.54) is 12.3 Å². The third kappa shape index (κ3) is 8.05. The predicted molar refractivity (Wildman–Crippen MR) is 119 cm³/mol. The van der Waals surface area contributed by atoms with Gasteiger partial charge in [0.15, 0.2) is 5.96 Å². The Morgan fingerprint density at radius 3 is 2.45 bits per heavy atom. The third-order valence-corrected chi connectivity index (χ3v) is 4.05. The molecule has 0 fully saturated rings. The molecule has 10 heteroatoms. The van der Waals surface area contributed by atoms with Gasteiger partial charge in [0.25, 0.3) is 0 Å². The Hall–Kier alpha value is -2.08. The second-order valence-corrected chi connectivity index (χ2v) is 5.99. The number of aliphatic hydroxyl groups excluding tert-OH is 1. The minimum atomic E-state index is -4.46. The van der Waals surface area contributed by atoms with Gasteiger partial charge in [0.2, 0.25) is 0 Å². The zero-order valence-electron chi connectivity index (χ0n) is 15.9. The molecule has 0 radical (unpaired) electrons. The van der Waals surface area contributed by atoms with E-state index in [-0.39, 0.29) is 48.9 Å². The van der Waals surface area contributed by atoms with Gasteiger partial charge in [-0.3, -0.25) is 4.99 Å². The van der Waals surface area contributed by atoms with Crippen LogP contribution in [0.4, 0.5) is 19.0 Å². The molecule has 4 N–H and O–H groups in total. The van der Waals surface area contributed by atoms with Gasteiger partial charge in [0.05, 0.1) is 12.2 Å². The molecule has 0 spiro atoms. The maximum Gasteiger partial charge on any atom is 0.419 e. The average Bonchev–Trinajstić information content (AvgIpc) is 2.70. The lowest BCUT2D eigenvalue weighted by Gasteiger charge is -2.18. The van der Waals surface area contributed by atoms with Crippen LogP contribution in [0.3, 0.4) is 0 Å². The van der Waals surface area contributed by atoms with Crippen molar-refractivity contribution in [1.29, 1.82) is 0 Å². The van der Waals surface area contributed by atoms with Crippen molar-refractivity contribution in [1.82, 2.24) is 15.6 Å². The minimum Gasteiger partial charge on any atom is -0.396 e. The van der Waals surface area contributed by atoms with Crippen LogP contribution in [0.15, 0.2) is 53.7 Å². The molecule has 2 rings (SSSR count). The first-order valence-corrected chi connectivity index (χ1v) is 8.82. The molecule has 0 aliphatic heterocycles. The summed E-state index contributed by atoms with van der Waals surface area (Å²) in [6.45, 7) is 1.01. The lowest BCUT2D eigenvalue weighted by Crippen LogP contribution is -2.41. The molecule has 1 aromatic heterocycles. The Morgan fingerprint density at radius 2 is 1.83 bits per heavy atom. The quantitative estimate of drug-likeness (QED) is 0.185. The maximum absolute atomic E-state index is 12.9. The number of hydrogen-bond donors (Lipinski definition) is 4. The van der Waals surface area contributed by atoms with Crippen LogP contribution < -0.4 is 16.0 Å². The fourth-order valence-electron chi connectivity index (χ4n) is 2.59. The zero-order chi connectivity index (χ0) is 20.4. The van der Waals surface area contributed by atoms with Gasteiger partial charge in [-0.25, -0.2) is 4.98 Å². The summed E-state index contributed by atoms with van der Waals surface area (Å²) in [6.07, 6.45) is -3.15. The molecule has 1 heterocycles. The van der Waals surface area contributed by atoms with Crippen molar-refractivity contribution >= 4 is 35.8 Å². The number of rotatable bonds is 8. The van der Waals surface area contributed by atoms with E-state index in [2.05, 4.69) is 25.9 Å². The van der Waals surface area contributed by atoms with Gasteiger partial charge < -0.3 is 21.1 Å². The Morgan fingerprint density at radius 1 is 1.10 bits per heavy atom. The first kappa shape index (κ1) is 25.0. The van der Waals surface area contributed by atoms with Crippen LogP contribution in [-0.2, 0) is 6.18 Å². The van der Waals surface area contributed by atoms with Crippen molar-refractivity contribution in [2.75, 3.05) is 38.6 Å². The Kier molecular flexibility index (Phi) is 10.7. The highest BCUT2D eigenvalue weighted by Crippen LogP contribution is 2.33. The highest BCUT2D eigenvalue weighted by atomic mass is 127. The van der Waals surface area contributed by atoms with Crippen molar-refractivity contribution in [2.24, 2.45) is 4.99 Å². The first-order chi connectivity index (χ1) is 13.5. The van der Waals surface area contributed by atoms with Crippen LogP contribution in [0.5, 0.6) is 0 Å². The highest BCUT2D eigenvalue weighted by molar-refractivity contribution is 14.0. The van der Waals surface area contributed by atoms with Gasteiger partial charge in [-0.2, -0.15) is 13.2 Å².